The summed E-state index contributed by atoms with van der Waals surface area (Å²) in [5.74, 6) is -1.73. The SMILES string of the molecule is NC(=O)CC(=O)Nc1cccc(F)c1. The third-order valence-corrected chi connectivity index (χ3v) is 1.44. The zero-order chi connectivity index (χ0) is 10.6. The molecule has 2 amide bonds. The van der Waals surface area contributed by atoms with Gasteiger partial charge in [0.1, 0.15) is 12.2 Å². The number of carbonyl (C=O) groups excluding carboxylic acids is 2. The Labute approximate surface area is 79.9 Å². The van der Waals surface area contributed by atoms with Gasteiger partial charge in [-0.15, -0.1) is 0 Å². The molecule has 0 fully saturated rings. The Morgan fingerprint density at radius 2 is 2.14 bits per heavy atom. The summed E-state index contributed by atoms with van der Waals surface area (Å²) in [6.07, 6.45) is -0.406. The summed E-state index contributed by atoms with van der Waals surface area (Å²) < 4.78 is 12.6. The van der Waals surface area contributed by atoms with Crippen LogP contribution >= 0.6 is 0 Å². The van der Waals surface area contributed by atoms with Crippen LogP contribution in [0.1, 0.15) is 6.42 Å². The predicted molar refractivity (Wildman–Crippen MR) is 48.8 cm³/mol. The molecule has 0 aliphatic carbocycles. The van der Waals surface area contributed by atoms with E-state index >= 15 is 0 Å². The molecule has 5 heteroatoms. The van der Waals surface area contributed by atoms with E-state index in [9.17, 15) is 14.0 Å². The van der Waals surface area contributed by atoms with Gasteiger partial charge in [0.2, 0.25) is 11.8 Å². The number of amides is 2. The Morgan fingerprint density at radius 3 is 2.71 bits per heavy atom. The van der Waals surface area contributed by atoms with Gasteiger partial charge in [0, 0.05) is 5.69 Å². The van der Waals surface area contributed by atoms with Crippen molar-refractivity contribution >= 4 is 17.5 Å². The molecule has 0 radical (unpaired) electrons. The number of primary amides is 1. The quantitative estimate of drug-likeness (QED) is 0.696. The van der Waals surface area contributed by atoms with Gasteiger partial charge in [-0.1, -0.05) is 6.07 Å². The van der Waals surface area contributed by atoms with Crippen molar-refractivity contribution in [1.82, 2.24) is 0 Å². The maximum Gasteiger partial charge on any atom is 0.233 e. The third kappa shape index (κ3) is 3.22. The Morgan fingerprint density at radius 1 is 1.43 bits per heavy atom. The molecule has 74 valence electrons. The molecule has 0 aromatic heterocycles. The van der Waals surface area contributed by atoms with Gasteiger partial charge in [0.15, 0.2) is 0 Å². The number of nitrogens with one attached hydrogen (secondary N) is 1. The van der Waals surface area contributed by atoms with Crippen LogP contribution in [0.5, 0.6) is 0 Å². The molecule has 1 rings (SSSR count). The maximum absolute atomic E-state index is 12.6. The third-order valence-electron chi connectivity index (χ3n) is 1.44. The van der Waals surface area contributed by atoms with Crippen molar-refractivity contribution < 1.29 is 14.0 Å². The lowest BCUT2D eigenvalue weighted by Gasteiger charge is -2.02. The summed E-state index contributed by atoms with van der Waals surface area (Å²) in [7, 11) is 0. The number of benzene rings is 1. The normalized spacial score (nSPS) is 9.50. The van der Waals surface area contributed by atoms with Crippen molar-refractivity contribution in [3.63, 3.8) is 0 Å². The highest BCUT2D eigenvalue weighted by Crippen LogP contribution is 2.08. The van der Waals surface area contributed by atoms with Crippen LogP contribution in [0.4, 0.5) is 10.1 Å². The minimum Gasteiger partial charge on any atom is -0.369 e. The highest BCUT2D eigenvalue weighted by molar-refractivity contribution is 6.02. The van der Waals surface area contributed by atoms with Crippen molar-refractivity contribution in [1.29, 1.82) is 0 Å². The van der Waals surface area contributed by atoms with Gasteiger partial charge in [-0.25, -0.2) is 4.39 Å². The van der Waals surface area contributed by atoms with Gasteiger partial charge in [-0.05, 0) is 18.2 Å². The minimum absolute atomic E-state index is 0.302. The Bertz CT molecular complexity index is 366. The fourth-order valence-electron chi connectivity index (χ4n) is 0.930. The fraction of sp³-hybridized carbons (Fsp3) is 0.111. The lowest BCUT2D eigenvalue weighted by atomic mass is 10.3. The van der Waals surface area contributed by atoms with E-state index in [-0.39, 0.29) is 0 Å². The second-order valence-electron chi connectivity index (χ2n) is 2.70. The number of rotatable bonds is 3. The first-order chi connectivity index (χ1) is 6.58. The highest BCUT2D eigenvalue weighted by atomic mass is 19.1. The summed E-state index contributed by atoms with van der Waals surface area (Å²) in [5, 5.41) is 2.33. The van der Waals surface area contributed by atoms with Crippen LogP contribution in [-0.4, -0.2) is 11.8 Å². The molecule has 0 saturated heterocycles. The van der Waals surface area contributed by atoms with Crippen LogP contribution in [0, 0.1) is 5.82 Å². The average Bonchev–Trinajstić information content (AvgIpc) is 2.01. The molecule has 0 heterocycles. The molecule has 0 aliphatic heterocycles. The van der Waals surface area contributed by atoms with Gasteiger partial charge >= 0.3 is 0 Å². The average molecular weight is 196 g/mol. The Hall–Kier alpha value is -1.91. The first-order valence-corrected chi connectivity index (χ1v) is 3.91. The molecule has 4 nitrogen and oxygen atoms in total. The van der Waals surface area contributed by atoms with Gasteiger partial charge in [0.25, 0.3) is 0 Å². The molecular formula is C9H9FN2O2. The predicted octanol–water partition coefficient (Wildman–Crippen LogP) is 0.640. The van der Waals surface area contributed by atoms with E-state index in [4.69, 9.17) is 5.73 Å². The van der Waals surface area contributed by atoms with Crippen LogP contribution in [0.3, 0.4) is 0 Å². The topological polar surface area (TPSA) is 72.2 Å². The maximum atomic E-state index is 12.6. The molecule has 0 spiro atoms. The fourth-order valence-corrected chi connectivity index (χ4v) is 0.930. The number of hydrogen-bond donors (Lipinski definition) is 2. The van der Waals surface area contributed by atoms with Crippen molar-refractivity contribution in [2.24, 2.45) is 5.73 Å². The van der Waals surface area contributed by atoms with Crippen molar-refractivity contribution in [2.75, 3.05) is 5.32 Å². The first kappa shape index (κ1) is 10.2. The number of hydrogen-bond acceptors (Lipinski definition) is 2. The molecule has 3 N–H and O–H groups in total. The summed E-state index contributed by atoms with van der Waals surface area (Å²) in [6.45, 7) is 0. The van der Waals surface area contributed by atoms with Crippen molar-refractivity contribution in [3.05, 3.63) is 30.1 Å². The Kier molecular flexibility index (Phi) is 3.17. The summed E-state index contributed by atoms with van der Waals surface area (Å²) in [6, 6.07) is 5.37. The second-order valence-corrected chi connectivity index (χ2v) is 2.70. The second kappa shape index (κ2) is 4.36. The van der Waals surface area contributed by atoms with Crippen LogP contribution in [0.15, 0.2) is 24.3 Å². The zero-order valence-electron chi connectivity index (χ0n) is 7.29. The van der Waals surface area contributed by atoms with Gasteiger partial charge in [-0.2, -0.15) is 0 Å². The van der Waals surface area contributed by atoms with Crippen LogP contribution in [-0.2, 0) is 9.59 Å². The number of anilines is 1. The van der Waals surface area contributed by atoms with Crippen LogP contribution < -0.4 is 11.1 Å². The molecule has 1 aromatic rings. The molecule has 0 atom stereocenters. The molecule has 0 aliphatic rings. The van der Waals surface area contributed by atoms with E-state index in [2.05, 4.69) is 5.32 Å². The molecule has 0 unspecified atom stereocenters. The van der Waals surface area contributed by atoms with E-state index in [1.807, 2.05) is 0 Å². The highest BCUT2D eigenvalue weighted by Gasteiger charge is 2.05. The Balaban J connectivity index is 2.60. The summed E-state index contributed by atoms with van der Waals surface area (Å²) in [4.78, 5) is 21.4. The van der Waals surface area contributed by atoms with Gasteiger partial charge in [0.05, 0.1) is 0 Å². The standard InChI is InChI=1S/C9H9FN2O2/c10-6-2-1-3-7(4-6)12-9(14)5-8(11)13/h1-4H,5H2,(H2,11,13)(H,12,14). The number of nitrogens with two attached hydrogens (primary N) is 1. The minimum atomic E-state index is -0.723. The summed E-state index contributed by atoms with van der Waals surface area (Å²) in [5.41, 5.74) is 5.11. The van der Waals surface area contributed by atoms with Crippen LogP contribution in [0.2, 0.25) is 0 Å². The van der Waals surface area contributed by atoms with Crippen molar-refractivity contribution in [2.45, 2.75) is 6.42 Å². The van der Waals surface area contributed by atoms with Gasteiger partial charge in [-0.3, -0.25) is 9.59 Å². The van der Waals surface area contributed by atoms with E-state index in [0.29, 0.717) is 5.69 Å². The smallest absolute Gasteiger partial charge is 0.233 e. The monoisotopic (exact) mass is 196 g/mol. The molecular weight excluding hydrogens is 187 g/mol. The molecule has 0 bridgehead atoms. The first-order valence-electron chi connectivity index (χ1n) is 3.91. The largest absolute Gasteiger partial charge is 0.369 e. The van der Waals surface area contributed by atoms with E-state index in [1.54, 1.807) is 0 Å². The lowest BCUT2D eigenvalue weighted by molar-refractivity contribution is -0.124. The van der Waals surface area contributed by atoms with E-state index < -0.39 is 24.1 Å². The molecule has 14 heavy (non-hydrogen) atoms. The summed E-state index contributed by atoms with van der Waals surface area (Å²) >= 11 is 0. The van der Waals surface area contributed by atoms with Crippen LogP contribution in [0.25, 0.3) is 0 Å². The number of carbonyl (C=O) groups is 2. The van der Waals surface area contributed by atoms with E-state index in [0.717, 1.165) is 6.07 Å². The molecule has 0 saturated carbocycles. The number of halogens is 1. The molecule has 1 aromatic carbocycles. The lowest BCUT2D eigenvalue weighted by Crippen LogP contribution is -2.21. The van der Waals surface area contributed by atoms with Crippen molar-refractivity contribution in [3.8, 4) is 0 Å². The van der Waals surface area contributed by atoms with E-state index in [1.165, 1.54) is 18.2 Å². The van der Waals surface area contributed by atoms with Gasteiger partial charge < -0.3 is 11.1 Å². The zero-order valence-corrected chi connectivity index (χ0v) is 7.29.